The zero-order chi connectivity index (χ0) is 14.2. The van der Waals surface area contributed by atoms with Crippen molar-refractivity contribution >= 4 is 0 Å². The minimum Gasteiger partial charge on any atom is -0.241 e. The summed E-state index contributed by atoms with van der Waals surface area (Å²) in [5, 5.41) is 0. The molecule has 20 heavy (non-hydrogen) atoms. The van der Waals surface area contributed by atoms with Gasteiger partial charge in [-0.1, -0.05) is 39.5 Å². The fourth-order valence-corrected chi connectivity index (χ4v) is 3.40. The van der Waals surface area contributed by atoms with Gasteiger partial charge in [0.05, 0.1) is 0 Å². The molecular weight excluding hydrogens is 244 g/mol. The number of hydrogen-bond donors (Lipinski definition) is 0. The molecule has 0 saturated heterocycles. The number of rotatable bonds is 7. The van der Waals surface area contributed by atoms with Crippen LogP contribution in [0.4, 0.5) is 0 Å². The molecule has 1 fully saturated rings. The lowest BCUT2D eigenvalue weighted by Crippen LogP contribution is -2.14. The Morgan fingerprint density at radius 2 is 1.65 bits per heavy atom. The molecule has 1 aliphatic carbocycles. The van der Waals surface area contributed by atoms with Gasteiger partial charge in [0.2, 0.25) is 0 Å². The van der Waals surface area contributed by atoms with E-state index in [0.717, 1.165) is 24.6 Å². The molecule has 0 atom stereocenters. The smallest absolute Gasteiger partial charge is 0.128 e. The highest BCUT2D eigenvalue weighted by Crippen LogP contribution is 2.37. The highest BCUT2D eigenvalue weighted by Gasteiger charge is 2.22. The molecule has 2 nitrogen and oxygen atoms in total. The Hall–Kier alpha value is -0.920. The molecule has 0 aromatic carbocycles. The van der Waals surface area contributed by atoms with Crippen LogP contribution in [0.25, 0.3) is 0 Å². The minimum absolute atomic E-state index is 0.716. The molecule has 112 valence electrons. The molecule has 2 heteroatoms. The molecule has 1 heterocycles. The first-order chi connectivity index (χ1) is 9.83. The first-order valence-corrected chi connectivity index (χ1v) is 8.64. The Labute approximate surface area is 124 Å². The normalized spacial score (nSPS) is 22.9. The third-order valence-electron chi connectivity index (χ3n) is 4.73. The van der Waals surface area contributed by atoms with Crippen molar-refractivity contribution in [2.24, 2.45) is 5.92 Å². The van der Waals surface area contributed by atoms with Gasteiger partial charge in [-0.25, -0.2) is 9.97 Å². The van der Waals surface area contributed by atoms with E-state index >= 15 is 0 Å². The summed E-state index contributed by atoms with van der Waals surface area (Å²) in [6.07, 6.45) is 17.4. The molecule has 1 saturated carbocycles. The molecule has 0 N–H and O–H groups in total. The Balaban J connectivity index is 1.78. The SMILES string of the molecule is CCCCCC1CCC(c2cnc(CCC)nc2)CC1. The lowest BCUT2D eigenvalue weighted by atomic mass is 9.77. The van der Waals surface area contributed by atoms with Crippen molar-refractivity contribution in [3.05, 3.63) is 23.8 Å². The summed E-state index contributed by atoms with van der Waals surface area (Å²) in [6, 6.07) is 0. The number of aromatic nitrogens is 2. The summed E-state index contributed by atoms with van der Waals surface area (Å²) in [5.74, 6) is 2.70. The van der Waals surface area contributed by atoms with Crippen molar-refractivity contribution in [3.8, 4) is 0 Å². The minimum atomic E-state index is 0.716. The molecule has 0 spiro atoms. The zero-order valence-electron chi connectivity index (χ0n) is 13.3. The van der Waals surface area contributed by atoms with E-state index in [4.69, 9.17) is 0 Å². The standard InChI is InChI=1S/C18H30N2/c1-3-5-6-8-15-9-11-16(12-10-15)17-13-19-18(7-4-2)20-14-17/h13-16H,3-12H2,1-2H3. The second-order valence-electron chi connectivity index (χ2n) is 6.40. The van der Waals surface area contributed by atoms with E-state index in [1.54, 1.807) is 0 Å². The van der Waals surface area contributed by atoms with Crippen LogP contribution in [0.15, 0.2) is 12.4 Å². The first-order valence-electron chi connectivity index (χ1n) is 8.64. The Morgan fingerprint density at radius 1 is 0.950 bits per heavy atom. The maximum atomic E-state index is 4.51. The molecule has 1 aliphatic rings. The van der Waals surface area contributed by atoms with Gasteiger partial charge in [0.15, 0.2) is 0 Å². The van der Waals surface area contributed by atoms with Crippen LogP contribution in [-0.2, 0) is 6.42 Å². The van der Waals surface area contributed by atoms with Crippen molar-refractivity contribution in [1.29, 1.82) is 0 Å². The van der Waals surface area contributed by atoms with E-state index in [1.165, 1.54) is 56.9 Å². The summed E-state index contributed by atoms with van der Waals surface area (Å²) in [7, 11) is 0. The third-order valence-corrected chi connectivity index (χ3v) is 4.73. The van der Waals surface area contributed by atoms with Crippen molar-refractivity contribution in [2.75, 3.05) is 0 Å². The Morgan fingerprint density at radius 3 is 2.25 bits per heavy atom. The number of aryl methyl sites for hydroxylation is 1. The van der Waals surface area contributed by atoms with E-state index in [9.17, 15) is 0 Å². The predicted octanol–water partition coefficient (Wildman–Crippen LogP) is 5.28. The quantitative estimate of drug-likeness (QED) is 0.632. The molecule has 2 rings (SSSR count). The summed E-state index contributed by atoms with van der Waals surface area (Å²) >= 11 is 0. The lowest BCUT2D eigenvalue weighted by Gasteiger charge is -2.28. The Kier molecular flexibility index (Phi) is 6.49. The fraction of sp³-hybridized carbons (Fsp3) is 0.778. The molecular formula is C18H30N2. The molecule has 1 aromatic heterocycles. The zero-order valence-corrected chi connectivity index (χ0v) is 13.3. The van der Waals surface area contributed by atoms with E-state index < -0.39 is 0 Å². The second-order valence-corrected chi connectivity index (χ2v) is 6.40. The maximum Gasteiger partial charge on any atom is 0.128 e. The van der Waals surface area contributed by atoms with Crippen molar-refractivity contribution < 1.29 is 0 Å². The van der Waals surface area contributed by atoms with Gasteiger partial charge < -0.3 is 0 Å². The predicted molar refractivity (Wildman–Crippen MR) is 84.9 cm³/mol. The van der Waals surface area contributed by atoms with Crippen LogP contribution in [0, 0.1) is 5.92 Å². The van der Waals surface area contributed by atoms with Gasteiger partial charge >= 0.3 is 0 Å². The van der Waals surface area contributed by atoms with Gasteiger partial charge in [-0.05, 0) is 49.5 Å². The van der Waals surface area contributed by atoms with Gasteiger partial charge in [0.25, 0.3) is 0 Å². The van der Waals surface area contributed by atoms with E-state index in [-0.39, 0.29) is 0 Å². The van der Waals surface area contributed by atoms with Crippen LogP contribution in [0.2, 0.25) is 0 Å². The van der Waals surface area contributed by atoms with Crippen LogP contribution >= 0.6 is 0 Å². The van der Waals surface area contributed by atoms with E-state index in [1.807, 2.05) is 0 Å². The number of nitrogens with zero attached hydrogens (tertiary/aromatic N) is 2. The summed E-state index contributed by atoms with van der Waals surface area (Å²) < 4.78 is 0. The van der Waals surface area contributed by atoms with Crippen molar-refractivity contribution in [2.45, 2.75) is 84.0 Å². The van der Waals surface area contributed by atoms with E-state index in [2.05, 4.69) is 36.2 Å². The van der Waals surface area contributed by atoms with Crippen molar-refractivity contribution in [1.82, 2.24) is 9.97 Å². The molecule has 1 aromatic rings. The highest BCUT2D eigenvalue weighted by atomic mass is 14.9. The van der Waals surface area contributed by atoms with Crippen molar-refractivity contribution in [3.63, 3.8) is 0 Å². The van der Waals surface area contributed by atoms with Gasteiger partial charge in [0, 0.05) is 18.8 Å². The highest BCUT2D eigenvalue weighted by molar-refractivity contribution is 5.12. The fourth-order valence-electron chi connectivity index (χ4n) is 3.40. The van der Waals surface area contributed by atoms with Crippen LogP contribution in [0.3, 0.4) is 0 Å². The monoisotopic (exact) mass is 274 g/mol. The van der Waals surface area contributed by atoms with Crippen LogP contribution in [-0.4, -0.2) is 9.97 Å². The summed E-state index contributed by atoms with van der Waals surface area (Å²) in [4.78, 5) is 9.02. The lowest BCUT2D eigenvalue weighted by molar-refractivity contribution is 0.302. The topological polar surface area (TPSA) is 25.8 Å². The molecule has 0 bridgehead atoms. The third kappa shape index (κ3) is 4.57. The van der Waals surface area contributed by atoms with Crippen LogP contribution in [0.5, 0.6) is 0 Å². The van der Waals surface area contributed by atoms with Gasteiger partial charge in [-0.2, -0.15) is 0 Å². The number of unbranched alkanes of at least 4 members (excludes halogenated alkanes) is 2. The Bertz CT molecular complexity index is 364. The molecule has 0 aliphatic heterocycles. The summed E-state index contributed by atoms with van der Waals surface area (Å²) in [6.45, 7) is 4.47. The van der Waals surface area contributed by atoms with Gasteiger partial charge in [0.1, 0.15) is 5.82 Å². The van der Waals surface area contributed by atoms with Gasteiger partial charge in [-0.3, -0.25) is 0 Å². The average molecular weight is 274 g/mol. The van der Waals surface area contributed by atoms with Crippen LogP contribution in [0.1, 0.15) is 88.9 Å². The first kappa shape index (κ1) is 15.5. The van der Waals surface area contributed by atoms with Gasteiger partial charge in [-0.15, -0.1) is 0 Å². The average Bonchev–Trinajstić information content (AvgIpc) is 2.49. The number of hydrogen-bond acceptors (Lipinski definition) is 2. The molecule has 0 amide bonds. The van der Waals surface area contributed by atoms with E-state index in [0.29, 0.717) is 5.92 Å². The summed E-state index contributed by atoms with van der Waals surface area (Å²) in [5.41, 5.74) is 1.37. The maximum absolute atomic E-state index is 4.51. The van der Waals surface area contributed by atoms with Crippen LogP contribution < -0.4 is 0 Å². The second kappa shape index (κ2) is 8.39. The molecule has 0 radical (unpaired) electrons. The largest absolute Gasteiger partial charge is 0.241 e. The molecule has 0 unspecified atom stereocenters.